The topological polar surface area (TPSA) is 78.4 Å². The van der Waals surface area contributed by atoms with E-state index < -0.39 is 5.41 Å². The third kappa shape index (κ3) is 5.14. The molecule has 170 valence electrons. The Balaban J connectivity index is 1.65. The van der Waals surface area contributed by atoms with E-state index in [-0.39, 0.29) is 36.0 Å². The van der Waals surface area contributed by atoms with Gasteiger partial charge >= 0.3 is 5.69 Å². The van der Waals surface area contributed by atoms with Crippen LogP contribution in [0.15, 0.2) is 29.1 Å². The van der Waals surface area contributed by atoms with Gasteiger partial charge in [-0.2, -0.15) is 0 Å². The van der Waals surface area contributed by atoms with Crippen LogP contribution in [0.2, 0.25) is 0 Å². The average molecular weight is 449 g/mol. The second-order valence-corrected chi connectivity index (χ2v) is 9.29. The van der Waals surface area contributed by atoms with Crippen LogP contribution in [0.25, 0.3) is 11.0 Å². The van der Waals surface area contributed by atoms with Gasteiger partial charge in [-0.15, -0.1) is 11.6 Å². The third-order valence-electron chi connectivity index (χ3n) is 6.11. The van der Waals surface area contributed by atoms with Crippen LogP contribution in [-0.2, 0) is 9.59 Å². The number of carbonyl (C=O) groups is 2. The minimum absolute atomic E-state index is 0.0421. The molecule has 0 saturated carbocycles. The number of hydrogen-bond donors (Lipinski definition) is 1. The zero-order chi connectivity index (χ0) is 22.6. The number of aromatic nitrogens is 2. The van der Waals surface area contributed by atoms with Crippen LogP contribution in [0.4, 0.5) is 0 Å². The summed E-state index contributed by atoms with van der Waals surface area (Å²) in [7, 11) is 0. The van der Waals surface area contributed by atoms with Gasteiger partial charge in [-0.25, -0.2) is 4.79 Å². The van der Waals surface area contributed by atoms with Gasteiger partial charge in [-0.05, 0) is 45.2 Å². The molecular weight excluding hydrogens is 416 g/mol. The van der Waals surface area contributed by atoms with Gasteiger partial charge in [-0.1, -0.05) is 25.5 Å². The molecule has 0 unspecified atom stereocenters. The van der Waals surface area contributed by atoms with E-state index in [1.165, 1.54) is 0 Å². The van der Waals surface area contributed by atoms with Crippen molar-refractivity contribution in [1.82, 2.24) is 19.4 Å². The highest BCUT2D eigenvalue weighted by molar-refractivity contribution is 6.19. The summed E-state index contributed by atoms with van der Waals surface area (Å²) in [5, 5.41) is 0. The molecule has 0 radical (unpaired) electrons. The van der Waals surface area contributed by atoms with Crippen LogP contribution in [-0.4, -0.2) is 63.2 Å². The minimum Gasteiger partial charge on any atom is -0.341 e. The van der Waals surface area contributed by atoms with Gasteiger partial charge in [0.2, 0.25) is 11.8 Å². The quantitative estimate of drug-likeness (QED) is 0.628. The number of alkyl halides is 1. The van der Waals surface area contributed by atoms with E-state index in [1.807, 2.05) is 47.6 Å². The smallest absolute Gasteiger partial charge is 0.326 e. The molecule has 1 aliphatic rings. The number of nitrogens with zero attached hydrogens (tertiary/aromatic N) is 3. The Morgan fingerprint density at radius 3 is 2.55 bits per heavy atom. The number of hydrogen-bond acceptors (Lipinski definition) is 3. The monoisotopic (exact) mass is 448 g/mol. The molecule has 2 amide bonds. The fourth-order valence-electron chi connectivity index (χ4n) is 4.16. The lowest BCUT2D eigenvalue weighted by atomic mass is 9.94. The first-order chi connectivity index (χ1) is 14.8. The highest BCUT2D eigenvalue weighted by Crippen LogP contribution is 2.26. The summed E-state index contributed by atoms with van der Waals surface area (Å²) in [6, 6.07) is 7.73. The predicted octanol–water partition coefficient (Wildman–Crippen LogP) is 3.39. The number of fused-ring (bicyclic) bond motifs is 1. The van der Waals surface area contributed by atoms with E-state index in [1.54, 1.807) is 4.90 Å². The van der Waals surface area contributed by atoms with Gasteiger partial charge in [0.05, 0.1) is 23.0 Å². The number of para-hydroxylation sites is 2. The summed E-state index contributed by atoms with van der Waals surface area (Å²) in [5.41, 5.74) is 0.930. The van der Waals surface area contributed by atoms with Gasteiger partial charge in [0.1, 0.15) is 0 Å². The number of benzene rings is 1. The number of amides is 2. The standard InChI is InChI=1S/C23H33ClN4O3/c1-4-5-12-27(21(30)23(2,3)16-24)15-20(29)26-13-10-17(11-14-26)28-19-9-7-6-8-18(19)25-22(28)31/h6-9,17H,4-5,10-16H2,1-3H3,(H,25,31). The fraction of sp³-hybridized carbons (Fsp3) is 0.609. The Kier molecular flexibility index (Phi) is 7.46. The van der Waals surface area contributed by atoms with Crippen LogP contribution >= 0.6 is 11.6 Å². The molecule has 3 rings (SSSR count). The Bertz CT molecular complexity index is 973. The van der Waals surface area contributed by atoms with Crippen LogP contribution < -0.4 is 5.69 Å². The van der Waals surface area contributed by atoms with Crippen molar-refractivity contribution >= 4 is 34.4 Å². The van der Waals surface area contributed by atoms with Crippen molar-refractivity contribution in [2.75, 3.05) is 32.1 Å². The van der Waals surface area contributed by atoms with Gasteiger partial charge < -0.3 is 14.8 Å². The second kappa shape index (κ2) is 9.90. The first-order valence-corrected chi connectivity index (χ1v) is 11.6. The van der Waals surface area contributed by atoms with Crippen molar-refractivity contribution in [3.63, 3.8) is 0 Å². The first-order valence-electron chi connectivity index (χ1n) is 11.1. The number of piperidine rings is 1. The molecule has 0 spiro atoms. The van der Waals surface area contributed by atoms with Crippen molar-refractivity contribution in [2.45, 2.75) is 52.5 Å². The highest BCUT2D eigenvalue weighted by Gasteiger charge is 2.33. The number of aromatic amines is 1. The number of likely N-dealkylation sites (tertiary alicyclic amines) is 1. The van der Waals surface area contributed by atoms with Crippen LogP contribution in [0, 0.1) is 5.41 Å². The van der Waals surface area contributed by atoms with Gasteiger partial charge in [0, 0.05) is 31.6 Å². The fourth-order valence-corrected chi connectivity index (χ4v) is 4.27. The summed E-state index contributed by atoms with van der Waals surface area (Å²) in [6.45, 7) is 7.48. The molecule has 31 heavy (non-hydrogen) atoms. The molecule has 8 heteroatoms. The number of nitrogens with one attached hydrogen (secondary N) is 1. The Morgan fingerprint density at radius 2 is 1.90 bits per heavy atom. The molecule has 7 nitrogen and oxygen atoms in total. The lowest BCUT2D eigenvalue weighted by molar-refractivity contribution is -0.146. The van der Waals surface area contributed by atoms with Crippen molar-refractivity contribution < 1.29 is 9.59 Å². The molecule has 1 aromatic heterocycles. The zero-order valence-corrected chi connectivity index (χ0v) is 19.5. The van der Waals surface area contributed by atoms with E-state index in [0.717, 1.165) is 23.9 Å². The van der Waals surface area contributed by atoms with Crippen LogP contribution in [0.5, 0.6) is 0 Å². The summed E-state index contributed by atoms with van der Waals surface area (Å²) in [4.78, 5) is 44.8. The van der Waals surface area contributed by atoms with Crippen molar-refractivity contribution in [2.24, 2.45) is 5.41 Å². The van der Waals surface area contributed by atoms with Gasteiger partial charge in [-0.3, -0.25) is 14.2 Å². The molecule has 0 aliphatic carbocycles. The predicted molar refractivity (Wildman–Crippen MR) is 123 cm³/mol. The molecule has 0 atom stereocenters. The lowest BCUT2D eigenvalue weighted by Crippen LogP contribution is -2.49. The largest absolute Gasteiger partial charge is 0.341 e. The van der Waals surface area contributed by atoms with Crippen molar-refractivity contribution in [1.29, 1.82) is 0 Å². The zero-order valence-electron chi connectivity index (χ0n) is 18.7. The van der Waals surface area contributed by atoms with Crippen LogP contribution in [0.3, 0.4) is 0 Å². The maximum absolute atomic E-state index is 13.0. The summed E-state index contributed by atoms with van der Waals surface area (Å²) >= 11 is 6.00. The maximum atomic E-state index is 13.0. The maximum Gasteiger partial charge on any atom is 0.326 e. The van der Waals surface area contributed by atoms with E-state index in [0.29, 0.717) is 32.5 Å². The molecule has 2 aromatic rings. The number of H-pyrrole nitrogens is 1. The van der Waals surface area contributed by atoms with E-state index in [4.69, 9.17) is 11.6 Å². The molecule has 1 aromatic carbocycles. The number of unbranched alkanes of at least 4 members (excludes halogenated alkanes) is 1. The third-order valence-corrected chi connectivity index (χ3v) is 6.78. The Morgan fingerprint density at radius 1 is 1.23 bits per heavy atom. The molecule has 0 bridgehead atoms. The summed E-state index contributed by atoms with van der Waals surface area (Å²) in [6.07, 6.45) is 3.22. The second-order valence-electron chi connectivity index (χ2n) is 9.03. The minimum atomic E-state index is -0.695. The van der Waals surface area contributed by atoms with Gasteiger partial charge in [0.15, 0.2) is 0 Å². The molecule has 1 N–H and O–H groups in total. The van der Waals surface area contributed by atoms with E-state index in [9.17, 15) is 14.4 Å². The number of rotatable bonds is 8. The SMILES string of the molecule is CCCCN(CC(=O)N1CCC(n2c(=O)[nH]c3ccccc32)CC1)C(=O)C(C)(C)CCl. The van der Waals surface area contributed by atoms with Crippen molar-refractivity contribution in [3.8, 4) is 0 Å². The summed E-state index contributed by atoms with van der Waals surface area (Å²) in [5.74, 6) is 0.0945. The molecule has 1 fully saturated rings. The molecular formula is C23H33ClN4O3. The normalized spacial score (nSPS) is 15.4. The Hall–Kier alpha value is -2.28. The highest BCUT2D eigenvalue weighted by atomic mass is 35.5. The number of imidazole rings is 1. The molecule has 1 aliphatic heterocycles. The van der Waals surface area contributed by atoms with Crippen molar-refractivity contribution in [3.05, 3.63) is 34.7 Å². The van der Waals surface area contributed by atoms with Crippen LogP contribution in [0.1, 0.15) is 52.5 Å². The first kappa shape index (κ1) is 23.4. The average Bonchev–Trinajstić information content (AvgIpc) is 3.11. The summed E-state index contributed by atoms with van der Waals surface area (Å²) < 4.78 is 1.82. The number of halogens is 1. The van der Waals surface area contributed by atoms with E-state index >= 15 is 0 Å². The molecule has 2 heterocycles. The Labute approximate surface area is 188 Å². The lowest BCUT2D eigenvalue weighted by Gasteiger charge is -2.35. The number of carbonyl (C=O) groups excluding carboxylic acids is 2. The van der Waals surface area contributed by atoms with E-state index in [2.05, 4.69) is 11.9 Å². The van der Waals surface area contributed by atoms with Gasteiger partial charge in [0.25, 0.3) is 0 Å². The molecule has 1 saturated heterocycles.